The van der Waals surface area contributed by atoms with Gasteiger partial charge in [0.15, 0.2) is 5.76 Å². The number of carbonyl (C=O) groups is 2. The molecule has 0 bridgehead atoms. The molecule has 1 saturated carbocycles. The summed E-state index contributed by atoms with van der Waals surface area (Å²) in [6.07, 6.45) is 7.83. The summed E-state index contributed by atoms with van der Waals surface area (Å²) in [6, 6.07) is 10.4. The maximum absolute atomic E-state index is 12.8. The van der Waals surface area contributed by atoms with Gasteiger partial charge in [-0.3, -0.25) is 9.59 Å². The number of hydrogen-bond acceptors (Lipinski definition) is 3. The molecule has 2 fully saturated rings. The Morgan fingerprint density at radius 2 is 1.77 bits per heavy atom. The SMILES string of the molecule is O=C(Nc1ccc(C(=O)N2CC[C@@H]3CCCC[C@H]3C2)cc1)c1ccco1. The van der Waals surface area contributed by atoms with Crippen molar-refractivity contribution in [2.75, 3.05) is 18.4 Å². The van der Waals surface area contributed by atoms with Crippen molar-refractivity contribution >= 4 is 17.5 Å². The van der Waals surface area contributed by atoms with Crippen molar-refractivity contribution in [2.45, 2.75) is 32.1 Å². The van der Waals surface area contributed by atoms with Crippen molar-refractivity contribution in [1.82, 2.24) is 4.90 Å². The van der Waals surface area contributed by atoms with E-state index in [1.165, 1.54) is 31.9 Å². The summed E-state index contributed by atoms with van der Waals surface area (Å²) in [5.74, 6) is 1.55. The standard InChI is InChI=1S/C21H24N2O3/c24-20(19-6-3-13-26-19)22-18-9-7-16(8-10-18)21(25)23-12-11-15-4-1-2-5-17(15)14-23/h3,6-10,13,15,17H,1-2,4-5,11-12,14H2,(H,22,24)/t15-,17-/m0/s1. The molecule has 1 aliphatic heterocycles. The molecule has 5 nitrogen and oxygen atoms in total. The van der Waals surface area contributed by atoms with Crippen LogP contribution in [0, 0.1) is 11.8 Å². The molecule has 5 heteroatoms. The van der Waals surface area contributed by atoms with Crippen LogP contribution in [-0.4, -0.2) is 29.8 Å². The lowest BCUT2D eigenvalue weighted by atomic mass is 9.75. The first-order valence-corrected chi connectivity index (χ1v) is 9.45. The van der Waals surface area contributed by atoms with E-state index < -0.39 is 0 Å². The van der Waals surface area contributed by atoms with Gasteiger partial charge in [-0.25, -0.2) is 0 Å². The largest absolute Gasteiger partial charge is 0.459 e. The Kier molecular flexibility index (Phi) is 4.78. The Hall–Kier alpha value is -2.56. The Morgan fingerprint density at radius 3 is 2.50 bits per heavy atom. The summed E-state index contributed by atoms with van der Waals surface area (Å²) in [7, 11) is 0. The molecule has 2 heterocycles. The average Bonchev–Trinajstić information content (AvgIpc) is 3.23. The molecule has 1 N–H and O–H groups in total. The monoisotopic (exact) mass is 352 g/mol. The Balaban J connectivity index is 1.38. The fourth-order valence-corrected chi connectivity index (χ4v) is 4.26. The summed E-state index contributed by atoms with van der Waals surface area (Å²) in [5, 5.41) is 2.77. The normalized spacial score (nSPS) is 22.5. The van der Waals surface area contributed by atoms with Crippen LogP contribution in [0.1, 0.15) is 53.0 Å². The van der Waals surface area contributed by atoms with Crippen LogP contribution in [0.25, 0.3) is 0 Å². The van der Waals surface area contributed by atoms with E-state index in [0.717, 1.165) is 25.4 Å². The van der Waals surface area contributed by atoms with Crippen LogP contribution in [0.4, 0.5) is 5.69 Å². The van der Waals surface area contributed by atoms with E-state index in [1.54, 1.807) is 36.4 Å². The lowest BCUT2D eigenvalue weighted by Crippen LogP contribution is -2.44. The van der Waals surface area contributed by atoms with Gasteiger partial charge in [-0.05, 0) is 61.1 Å². The first-order valence-electron chi connectivity index (χ1n) is 9.45. The van der Waals surface area contributed by atoms with Crippen LogP contribution in [0.3, 0.4) is 0 Å². The van der Waals surface area contributed by atoms with Crippen LogP contribution in [0.15, 0.2) is 47.1 Å². The number of hydrogen-bond donors (Lipinski definition) is 1. The Labute approximate surface area is 153 Å². The van der Waals surface area contributed by atoms with Gasteiger partial charge in [0.25, 0.3) is 11.8 Å². The van der Waals surface area contributed by atoms with Crippen LogP contribution < -0.4 is 5.32 Å². The average molecular weight is 352 g/mol. The van der Waals surface area contributed by atoms with E-state index >= 15 is 0 Å². The molecular formula is C21H24N2O3. The van der Waals surface area contributed by atoms with Gasteiger partial charge in [-0.2, -0.15) is 0 Å². The number of amides is 2. The van der Waals surface area contributed by atoms with Gasteiger partial charge in [0.2, 0.25) is 0 Å². The number of piperidine rings is 1. The lowest BCUT2D eigenvalue weighted by Gasteiger charge is -2.41. The molecule has 2 aliphatic rings. The predicted octanol–water partition coefficient (Wildman–Crippen LogP) is 4.18. The Morgan fingerprint density at radius 1 is 1.00 bits per heavy atom. The number of fused-ring (bicyclic) bond motifs is 1. The van der Waals surface area contributed by atoms with Crippen molar-refractivity contribution in [3.05, 3.63) is 54.0 Å². The quantitative estimate of drug-likeness (QED) is 0.901. The highest BCUT2D eigenvalue weighted by Gasteiger charge is 2.33. The predicted molar refractivity (Wildman–Crippen MR) is 99.1 cm³/mol. The second kappa shape index (κ2) is 7.36. The number of likely N-dealkylation sites (tertiary alicyclic amines) is 1. The molecule has 0 unspecified atom stereocenters. The molecule has 1 aromatic carbocycles. The second-order valence-electron chi connectivity index (χ2n) is 7.35. The van der Waals surface area contributed by atoms with Crippen LogP contribution >= 0.6 is 0 Å². The third kappa shape index (κ3) is 3.52. The number of nitrogens with zero attached hydrogens (tertiary/aromatic N) is 1. The minimum atomic E-state index is -0.298. The van der Waals surface area contributed by atoms with Crippen LogP contribution in [-0.2, 0) is 0 Å². The second-order valence-corrected chi connectivity index (χ2v) is 7.35. The maximum Gasteiger partial charge on any atom is 0.291 e. The highest BCUT2D eigenvalue weighted by Crippen LogP contribution is 2.36. The van der Waals surface area contributed by atoms with Crippen molar-refractivity contribution in [3.63, 3.8) is 0 Å². The van der Waals surface area contributed by atoms with Gasteiger partial charge in [0.05, 0.1) is 6.26 Å². The fourth-order valence-electron chi connectivity index (χ4n) is 4.26. The molecule has 4 rings (SSSR count). The van der Waals surface area contributed by atoms with Gasteiger partial charge < -0.3 is 14.6 Å². The molecule has 2 aromatic rings. The summed E-state index contributed by atoms with van der Waals surface area (Å²) >= 11 is 0. The van der Waals surface area contributed by atoms with Crippen LogP contribution in [0.5, 0.6) is 0 Å². The van der Waals surface area contributed by atoms with E-state index in [4.69, 9.17) is 4.42 Å². The van der Waals surface area contributed by atoms with Gasteiger partial charge in [0.1, 0.15) is 0 Å². The van der Waals surface area contributed by atoms with E-state index in [0.29, 0.717) is 17.2 Å². The highest BCUT2D eigenvalue weighted by molar-refractivity contribution is 6.02. The fraction of sp³-hybridized carbons (Fsp3) is 0.429. The smallest absolute Gasteiger partial charge is 0.291 e. The zero-order valence-corrected chi connectivity index (χ0v) is 14.8. The topological polar surface area (TPSA) is 62.6 Å². The summed E-state index contributed by atoms with van der Waals surface area (Å²) < 4.78 is 5.08. The summed E-state index contributed by atoms with van der Waals surface area (Å²) in [4.78, 5) is 26.8. The molecule has 26 heavy (non-hydrogen) atoms. The summed E-state index contributed by atoms with van der Waals surface area (Å²) in [6.45, 7) is 1.75. The number of carbonyl (C=O) groups excluding carboxylic acids is 2. The molecule has 1 aromatic heterocycles. The molecule has 1 aliphatic carbocycles. The van der Waals surface area contributed by atoms with Gasteiger partial charge >= 0.3 is 0 Å². The van der Waals surface area contributed by atoms with Crippen LogP contribution in [0.2, 0.25) is 0 Å². The van der Waals surface area contributed by atoms with Crippen molar-refractivity contribution in [2.24, 2.45) is 11.8 Å². The zero-order valence-electron chi connectivity index (χ0n) is 14.8. The van der Waals surface area contributed by atoms with Crippen molar-refractivity contribution in [3.8, 4) is 0 Å². The molecule has 0 radical (unpaired) electrons. The molecule has 2 amide bonds. The highest BCUT2D eigenvalue weighted by atomic mass is 16.3. The molecule has 0 spiro atoms. The molecular weight excluding hydrogens is 328 g/mol. The Bertz CT molecular complexity index is 767. The van der Waals surface area contributed by atoms with E-state index in [-0.39, 0.29) is 17.6 Å². The third-order valence-corrected chi connectivity index (χ3v) is 5.71. The molecule has 136 valence electrons. The number of benzene rings is 1. The summed E-state index contributed by atoms with van der Waals surface area (Å²) in [5.41, 5.74) is 1.32. The van der Waals surface area contributed by atoms with Gasteiger partial charge in [-0.1, -0.05) is 19.3 Å². The number of nitrogens with one attached hydrogen (secondary N) is 1. The minimum Gasteiger partial charge on any atom is -0.459 e. The maximum atomic E-state index is 12.8. The van der Waals surface area contributed by atoms with Gasteiger partial charge in [0, 0.05) is 24.3 Å². The number of anilines is 1. The zero-order chi connectivity index (χ0) is 17.9. The first-order chi connectivity index (χ1) is 12.7. The van der Waals surface area contributed by atoms with E-state index in [2.05, 4.69) is 5.32 Å². The van der Waals surface area contributed by atoms with E-state index in [1.807, 2.05) is 4.90 Å². The number of rotatable bonds is 3. The minimum absolute atomic E-state index is 0.0953. The van der Waals surface area contributed by atoms with Crippen molar-refractivity contribution in [1.29, 1.82) is 0 Å². The van der Waals surface area contributed by atoms with E-state index in [9.17, 15) is 9.59 Å². The first kappa shape index (κ1) is 16.9. The third-order valence-electron chi connectivity index (χ3n) is 5.71. The molecule has 2 atom stereocenters. The lowest BCUT2D eigenvalue weighted by molar-refractivity contribution is 0.0521. The van der Waals surface area contributed by atoms with Gasteiger partial charge in [-0.15, -0.1) is 0 Å². The number of furan rings is 1. The van der Waals surface area contributed by atoms with Crippen molar-refractivity contribution < 1.29 is 14.0 Å². The molecule has 1 saturated heterocycles.